The Labute approximate surface area is 140 Å². The molecular formula is C16H18FN3O3S. The summed E-state index contributed by atoms with van der Waals surface area (Å²) in [5.74, 6) is -1.40. The third-order valence-electron chi connectivity index (χ3n) is 3.08. The maximum Gasteiger partial charge on any atom is 0.251 e. The molecule has 0 aliphatic carbocycles. The minimum absolute atomic E-state index is 0.0644. The van der Waals surface area contributed by atoms with Crippen LogP contribution in [0.5, 0.6) is 0 Å². The Balaban J connectivity index is 2.19. The fourth-order valence-corrected chi connectivity index (χ4v) is 3.36. The van der Waals surface area contributed by atoms with E-state index in [1.807, 2.05) is 0 Å². The molecule has 24 heavy (non-hydrogen) atoms. The second kappa shape index (κ2) is 7.50. The highest BCUT2D eigenvalue weighted by Gasteiger charge is 2.21. The van der Waals surface area contributed by atoms with Crippen LogP contribution in [-0.2, 0) is 16.6 Å². The number of aromatic nitrogens is 1. The van der Waals surface area contributed by atoms with Crippen molar-refractivity contribution in [3.05, 3.63) is 59.7 Å². The monoisotopic (exact) mass is 351 g/mol. The molecule has 1 amide bonds. The summed E-state index contributed by atoms with van der Waals surface area (Å²) in [6, 6.07) is 6.34. The van der Waals surface area contributed by atoms with Gasteiger partial charge in [0.2, 0.25) is 10.0 Å². The van der Waals surface area contributed by atoms with Gasteiger partial charge in [0, 0.05) is 30.5 Å². The van der Waals surface area contributed by atoms with Gasteiger partial charge in [-0.15, -0.1) is 0 Å². The van der Waals surface area contributed by atoms with E-state index in [4.69, 9.17) is 0 Å². The number of hydrogen-bond donors (Lipinski definition) is 2. The molecule has 0 bridgehead atoms. The fraction of sp³-hybridized carbons (Fsp3) is 0.250. The molecule has 0 unspecified atom stereocenters. The Bertz CT molecular complexity index is 824. The summed E-state index contributed by atoms with van der Waals surface area (Å²) in [5, 5.41) is 2.65. The molecule has 6 nitrogen and oxygen atoms in total. The third-order valence-corrected chi connectivity index (χ3v) is 4.75. The number of carbonyl (C=O) groups excluding carboxylic acids is 1. The van der Waals surface area contributed by atoms with E-state index >= 15 is 0 Å². The average molecular weight is 351 g/mol. The van der Waals surface area contributed by atoms with Gasteiger partial charge in [-0.3, -0.25) is 9.78 Å². The van der Waals surface area contributed by atoms with Crippen molar-refractivity contribution in [3.63, 3.8) is 0 Å². The van der Waals surface area contributed by atoms with Crippen molar-refractivity contribution in [2.45, 2.75) is 31.3 Å². The molecule has 0 fully saturated rings. The normalized spacial score (nSPS) is 11.5. The number of amides is 1. The number of sulfonamides is 1. The molecule has 2 N–H and O–H groups in total. The molecule has 1 aromatic heterocycles. The Morgan fingerprint density at radius 1 is 1.21 bits per heavy atom. The highest BCUT2D eigenvalue weighted by atomic mass is 32.2. The summed E-state index contributed by atoms with van der Waals surface area (Å²) in [6.45, 7) is 3.51. The third kappa shape index (κ3) is 4.59. The first-order chi connectivity index (χ1) is 11.3. The quantitative estimate of drug-likeness (QED) is 0.831. The molecule has 8 heteroatoms. The van der Waals surface area contributed by atoms with Gasteiger partial charge < -0.3 is 5.32 Å². The van der Waals surface area contributed by atoms with E-state index in [1.165, 1.54) is 6.07 Å². The Morgan fingerprint density at radius 2 is 1.88 bits per heavy atom. The average Bonchev–Trinajstić information content (AvgIpc) is 2.52. The van der Waals surface area contributed by atoms with Crippen molar-refractivity contribution in [2.75, 3.05) is 0 Å². The fourth-order valence-electron chi connectivity index (χ4n) is 2.01. The molecule has 1 heterocycles. The highest BCUT2D eigenvalue weighted by molar-refractivity contribution is 7.89. The van der Waals surface area contributed by atoms with Crippen LogP contribution in [0.1, 0.15) is 29.8 Å². The van der Waals surface area contributed by atoms with E-state index in [2.05, 4.69) is 15.0 Å². The zero-order chi connectivity index (χ0) is 17.7. The van der Waals surface area contributed by atoms with Crippen molar-refractivity contribution < 1.29 is 17.6 Å². The zero-order valence-electron chi connectivity index (χ0n) is 13.3. The number of pyridine rings is 1. The van der Waals surface area contributed by atoms with Crippen LogP contribution in [0.4, 0.5) is 4.39 Å². The lowest BCUT2D eigenvalue weighted by Crippen LogP contribution is -2.31. The molecule has 1 aromatic carbocycles. The van der Waals surface area contributed by atoms with Crippen molar-refractivity contribution in [3.8, 4) is 0 Å². The molecule has 0 atom stereocenters. The van der Waals surface area contributed by atoms with Crippen LogP contribution in [0.25, 0.3) is 0 Å². The number of hydrogen-bond acceptors (Lipinski definition) is 4. The van der Waals surface area contributed by atoms with Gasteiger partial charge in [0.15, 0.2) is 0 Å². The smallest absolute Gasteiger partial charge is 0.251 e. The topological polar surface area (TPSA) is 88.2 Å². The minimum atomic E-state index is -4.03. The van der Waals surface area contributed by atoms with E-state index in [0.717, 1.165) is 17.7 Å². The second-order valence-corrected chi connectivity index (χ2v) is 7.14. The van der Waals surface area contributed by atoms with Crippen LogP contribution in [0.15, 0.2) is 47.6 Å². The lowest BCUT2D eigenvalue weighted by atomic mass is 10.2. The Hall–Kier alpha value is -2.32. The van der Waals surface area contributed by atoms with Crippen molar-refractivity contribution in [1.82, 2.24) is 15.0 Å². The maximum absolute atomic E-state index is 13.9. The highest BCUT2D eigenvalue weighted by Crippen LogP contribution is 2.17. The van der Waals surface area contributed by atoms with E-state index < -0.39 is 32.7 Å². The van der Waals surface area contributed by atoms with Gasteiger partial charge in [0.05, 0.1) is 0 Å². The summed E-state index contributed by atoms with van der Waals surface area (Å²) < 4.78 is 40.4. The van der Waals surface area contributed by atoms with E-state index in [-0.39, 0.29) is 12.1 Å². The van der Waals surface area contributed by atoms with Gasteiger partial charge in [-0.25, -0.2) is 17.5 Å². The van der Waals surface area contributed by atoms with E-state index in [0.29, 0.717) is 0 Å². The van der Waals surface area contributed by atoms with Gasteiger partial charge in [-0.2, -0.15) is 0 Å². The molecule has 0 saturated carbocycles. The van der Waals surface area contributed by atoms with Crippen LogP contribution in [0.3, 0.4) is 0 Å². The van der Waals surface area contributed by atoms with Gasteiger partial charge in [0.1, 0.15) is 10.7 Å². The van der Waals surface area contributed by atoms with Crippen LogP contribution in [0, 0.1) is 5.82 Å². The molecule has 0 spiro atoms. The first-order valence-electron chi connectivity index (χ1n) is 7.28. The number of nitrogens with zero attached hydrogens (tertiary/aromatic N) is 1. The molecule has 0 aliphatic rings. The molecule has 0 radical (unpaired) electrons. The minimum Gasteiger partial charge on any atom is -0.348 e. The van der Waals surface area contributed by atoms with Gasteiger partial charge in [-0.1, -0.05) is 0 Å². The predicted octanol–water partition coefficient (Wildman–Crippen LogP) is 1.84. The maximum atomic E-state index is 13.9. The van der Waals surface area contributed by atoms with Gasteiger partial charge in [0.25, 0.3) is 5.91 Å². The Morgan fingerprint density at radius 3 is 2.50 bits per heavy atom. The second-order valence-electron chi connectivity index (χ2n) is 5.46. The standard InChI is InChI=1S/C16H18FN3O3S/c1-11(2)20-24(22,23)15-9-13(3-4-14(15)17)16(21)19-10-12-5-7-18-8-6-12/h3-9,11,20H,10H2,1-2H3,(H,19,21). The predicted molar refractivity (Wildman–Crippen MR) is 87.3 cm³/mol. The largest absolute Gasteiger partial charge is 0.348 e. The van der Waals surface area contributed by atoms with Crippen LogP contribution in [0.2, 0.25) is 0 Å². The SMILES string of the molecule is CC(C)NS(=O)(=O)c1cc(C(=O)NCc2ccncc2)ccc1F. The van der Waals surface area contributed by atoms with Crippen LogP contribution in [-0.4, -0.2) is 25.4 Å². The molecular weight excluding hydrogens is 333 g/mol. The van der Waals surface area contributed by atoms with Crippen LogP contribution >= 0.6 is 0 Å². The lowest BCUT2D eigenvalue weighted by molar-refractivity contribution is 0.0950. The van der Waals surface area contributed by atoms with Crippen molar-refractivity contribution in [2.24, 2.45) is 0 Å². The number of rotatable bonds is 6. The zero-order valence-corrected chi connectivity index (χ0v) is 14.1. The molecule has 0 saturated heterocycles. The Kier molecular flexibility index (Phi) is 5.63. The first-order valence-corrected chi connectivity index (χ1v) is 8.77. The summed E-state index contributed by atoms with van der Waals surface area (Å²) in [4.78, 5) is 15.5. The summed E-state index contributed by atoms with van der Waals surface area (Å²) >= 11 is 0. The molecule has 2 rings (SSSR count). The van der Waals surface area contributed by atoms with Crippen LogP contribution < -0.4 is 10.0 Å². The number of benzene rings is 1. The number of carbonyl (C=O) groups is 1. The molecule has 2 aromatic rings. The van der Waals surface area contributed by atoms with E-state index in [1.54, 1.807) is 38.4 Å². The van der Waals surface area contributed by atoms with Crippen molar-refractivity contribution >= 4 is 15.9 Å². The summed E-state index contributed by atoms with van der Waals surface area (Å²) in [7, 11) is -4.03. The van der Waals surface area contributed by atoms with Crippen molar-refractivity contribution in [1.29, 1.82) is 0 Å². The first kappa shape index (κ1) is 18.0. The van der Waals surface area contributed by atoms with Gasteiger partial charge in [-0.05, 0) is 49.7 Å². The van der Waals surface area contributed by atoms with Gasteiger partial charge >= 0.3 is 0 Å². The lowest BCUT2D eigenvalue weighted by Gasteiger charge is -2.12. The summed E-state index contributed by atoms with van der Waals surface area (Å²) in [5.41, 5.74) is 0.907. The number of halogens is 1. The molecule has 0 aliphatic heterocycles. The molecule has 128 valence electrons. The van der Waals surface area contributed by atoms with E-state index in [9.17, 15) is 17.6 Å². The summed E-state index contributed by atoms with van der Waals surface area (Å²) in [6.07, 6.45) is 3.20. The number of nitrogens with one attached hydrogen (secondary N) is 2.